The quantitative estimate of drug-likeness (QED) is 0.892. The molecule has 0 spiro atoms. The van der Waals surface area contributed by atoms with Gasteiger partial charge in [0.2, 0.25) is 5.91 Å². The zero-order valence-corrected chi connectivity index (χ0v) is 14.2. The van der Waals surface area contributed by atoms with E-state index in [0.717, 1.165) is 29.7 Å². The van der Waals surface area contributed by atoms with E-state index in [1.165, 1.54) is 17.4 Å². The third kappa shape index (κ3) is 3.33. The number of fused-ring (bicyclic) bond motifs is 1. The summed E-state index contributed by atoms with van der Waals surface area (Å²) in [5.41, 5.74) is 7.24. The Morgan fingerprint density at radius 2 is 2.12 bits per heavy atom. The van der Waals surface area contributed by atoms with E-state index in [9.17, 15) is 14.0 Å². The predicted octanol–water partition coefficient (Wildman–Crippen LogP) is 3.29. The molecule has 3 N–H and O–H groups in total. The fraction of sp³-hybridized carbons (Fsp3) is 0.333. The number of anilines is 1. The van der Waals surface area contributed by atoms with Crippen molar-refractivity contribution in [2.75, 3.05) is 5.32 Å². The van der Waals surface area contributed by atoms with Gasteiger partial charge < -0.3 is 11.1 Å². The van der Waals surface area contributed by atoms with Crippen molar-refractivity contribution >= 4 is 28.2 Å². The number of carbonyl (C=O) groups is 2. The topological polar surface area (TPSA) is 72.2 Å². The number of carbonyl (C=O) groups excluding carboxylic acids is 2. The van der Waals surface area contributed by atoms with Gasteiger partial charge in [-0.05, 0) is 42.4 Å². The molecule has 0 aliphatic heterocycles. The molecule has 0 saturated carbocycles. The van der Waals surface area contributed by atoms with Crippen molar-refractivity contribution < 1.29 is 14.0 Å². The zero-order valence-electron chi connectivity index (χ0n) is 13.4. The van der Waals surface area contributed by atoms with Crippen molar-refractivity contribution in [3.05, 3.63) is 51.7 Å². The summed E-state index contributed by atoms with van der Waals surface area (Å²) in [5.74, 6) is -0.738. The van der Waals surface area contributed by atoms with Crippen LogP contribution in [0.2, 0.25) is 0 Å². The first-order valence-electron chi connectivity index (χ1n) is 7.93. The molecule has 126 valence electrons. The van der Waals surface area contributed by atoms with Crippen molar-refractivity contribution in [2.24, 2.45) is 11.7 Å². The van der Waals surface area contributed by atoms with Crippen LogP contribution in [-0.2, 0) is 24.1 Å². The first-order chi connectivity index (χ1) is 11.5. The largest absolute Gasteiger partial charge is 0.365 e. The molecule has 0 saturated heterocycles. The number of rotatable bonds is 4. The minimum atomic E-state index is -0.525. The summed E-state index contributed by atoms with van der Waals surface area (Å²) in [6, 6.07) is 6.16. The second-order valence-electron chi connectivity index (χ2n) is 6.24. The molecule has 2 aromatic rings. The highest BCUT2D eigenvalue weighted by molar-refractivity contribution is 7.17. The van der Waals surface area contributed by atoms with Gasteiger partial charge in [-0.3, -0.25) is 9.59 Å². The van der Waals surface area contributed by atoms with Crippen LogP contribution in [-0.4, -0.2) is 11.8 Å². The standard InChI is InChI=1S/C18H19FN2O2S/c1-10-6-7-12-14(8-10)24-18(16(12)17(20)23)21-15(22)9-11-4-2-3-5-13(11)19/h2-5,10H,6-9H2,1H3,(H2,20,23)(H,21,22)/t10-/m1/s1. The lowest BCUT2D eigenvalue weighted by molar-refractivity contribution is -0.115. The molecular weight excluding hydrogens is 327 g/mol. The predicted molar refractivity (Wildman–Crippen MR) is 92.8 cm³/mol. The van der Waals surface area contributed by atoms with Crippen LogP contribution in [0.3, 0.4) is 0 Å². The van der Waals surface area contributed by atoms with E-state index in [1.54, 1.807) is 18.2 Å². The second-order valence-corrected chi connectivity index (χ2v) is 7.34. The molecule has 1 heterocycles. The minimum Gasteiger partial charge on any atom is -0.365 e. The Kier molecular flexibility index (Phi) is 4.66. The van der Waals surface area contributed by atoms with Crippen molar-refractivity contribution in [2.45, 2.75) is 32.6 Å². The minimum absolute atomic E-state index is 0.0795. The van der Waals surface area contributed by atoms with Crippen LogP contribution < -0.4 is 11.1 Å². The molecule has 1 aromatic carbocycles. The fourth-order valence-corrected chi connectivity index (χ4v) is 4.52. The van der Waals surface area contributed by atoms with Gasteiger partial charge >= 0.3 is 0 Å². The lowest BCUT2D eigenvalue weighted by Gasteiger charge is -2.18. The van der Waals surface area contributed by atoms with E-state index in [-0.39, 0.29) is 12.3 Å². The number of amides is 2. The third-order valence-electron chi connectivity index (χ3n) is 4.32. The lowest BCUT2D eigenvalue weighted by atomic mass is 9.88. The van der Waals surface area contributed by atoms with Crippen molar-refractivity contribution in [1.29, 1.82) is 0 Å². The van der Waals surface area contributed by atoms with E-state index in [1.807, 2.05) is 0 Å². The average molecular weight is 346 g/mol. The zero-order chi connectivity index (χ0) is 17.3. The number of nitrogens with two attached hydrogens (primary N) is 1. The number of thiophene rings is 1. The molecule has 2 amide bonds. The first kappa shape index (κ1) is 16.6. The van der Waals surface area contributed by atoms with E-state index in [4.69, 9.17) is 5.73 Å². The second kappa shape index (κ2) is 6.73. The molecule has 1 aliphatic carbocycles. The van der Waals surface area contributed by atoms with Gasteiger partial charge in [-0.25, -0.2) is 4.39 Å². The number of primary amides is 1. The van der Waals surface area contributed by atoms with Gasteiger partial charge in [0.05, 0.1) is 12.0 Å². The Balaban J connectivity index is 1.83. The summed E-state index contributed by atoms with van der Waals surface area (Å²) < 4.78 is 13.7. The number of nitrogens with one attached hydrogen (secondary N) is 1. The molecule has 1 atom stereocenters. The molecule has 0 fully saturated rings. The Morgan fingerprint density at radius 1 is 1.38 bits per heavy atom. The van der Waals surface area contributed by atoms with Gasteiger partial charge in [-0.15, -0.1) is 11.3 Å². The Hall–Kier alpha value is -2.21. The summed E-state index contributed by atoms with van der Waals surface area (Å²) in [5, 5.41) is 3.24. The van der Waals surface area contributed by atoms with E-state index in [0.29, 0.717) is 22.0 Å². The SMILES string of the molecule is C[C@@H]1CCc2c(sc(NC(=O)Cc3ccccc3F)c2C(N)=O)C1. The fourth-order valence-electron chi connectivity index (χ4n) is 3.09. The van der Waals surface area contributed by atoms with Crippen LogP contribution in [0.15, 0.2) is 24.3 Å². The maximum atomic E-state index is 13.7. The highest BCUT2D eigenvalue weighted by Crippen LogP contribution is 2.39. The Bertz CT molecular complexity index is 800. The molecule has 24 heavy (non-hydrogen) atoms. The summed E-state index contributed by atoms with van der Waals surface area (Å²) >= 11 is 1.41. The summed E-state index contributed by atoms with van der Waals surface area (Å²) in [6.07, 6.45) is 2.62. The van der Waals surface area contributed by atoms with Crippen LogP contribution in [0.5, 0.6) is 0 Å². The van der Waals surface area contributed by atoms with Crippen molar-refractivity contribution in [3.8, 4) is 0 Å². The highest BCUT2D eigenvalue weighted by Gasteiger charge is 2.27. The number of hydrogen-bond acceptors (Lipinski definition) is 3. The van der Waals surface area contributed by atoms with Gasteiger partial charge in [-0.2, -0.15) is 0 Å². The molecule has 3 rings (SSSR count). The molecule has 0 unspecified atom stereocenters. The number of halogens is 1. The van der Waals surface area contributed by atoms with Gasteiger partial charge in [0.1, 0.15) is 10.8 Å². The summed E-state index contributed by atoms with van der Waals surface area (Å²) in [6.45, 7) is 2.17. The molecule has 0 bridgehead atoms. The van der Waals surface area contributed by atoms with E-state index >= 15 is 0 Å². The van der Waals surface area contributed by atoms with Crippen LogP contribution in [0, 0.1) is 11.7 Å². The van der Waals surface area contributed by atoms with Crippen molar-refractivity contribution in [1.82, 2.24) is 0 Å². The third-order valence-corrected chi connectivity index (χ3v) is 5.49. The number of hydrogen-bond donors (Lipinski definition) is 2. The smallest absolute Gasteiger partial charge is 0.251 e. The van der Waals surface area contributed by atoms with Crippen LogP contribution in [0.25, 0.3) is 0 Å². The monoisotopic (exact) mass is 346 g/mol. The van der Waals surface area contributed by atoms with Crippen LogP contribution in [0.4, 0.5) is 9.39 Å². The average Bonchev–Trinajstić information content (AvgIpc) is 2.86. The molecule has 1 aliphatic rings. The van der Waals surface area contributed by atoms with Crippen molar-refractivity contribution in [3.63, 3.8) is 0 Å². The van der Waals surface area contributed by atoms with E-state index in [2.05, 4.69) is 12.2 Å². The molecule has 1 aromatic heterocycles. The number of benzene rings is 1. The summed E-state index contributed by atoms with van der Waals surface area (Å²) in [7, 11) is 0. The van der Waals surface area contributed by atoms with Gasteiger partial charge in [0, 0.05) is 4.88 Å². The lowest BCUT2D eigenvalue weighted by Crippen LogP contribution is -2.20. The Morgan fingerprint density at radius 3 is 2.83 bits per heavy atom. The van der Waals surface area contributed by atoms with Crippen LogP contribution >= 0.6 is 11.3 Å². The molecule has 4 nitrogen and oxygen atoms in total. The Labute approximate surface area is 143 Å². The maximum absolute atomic E-state index is 13.7. The summed E-state index contributed by atoms with van der Waals surface area (Å²) in [4.78, 5) is 25.2. The van der Waals surface area contributed by atoms with Gasteiger partial charge in [0.15, 0.2) is 0 Å². The first-order valence-corrected chi connectivity index (χ1v) is 8.75. The van der Waals surface area contributed by atoms with E-state index < -0.39 is 11.7 Å². The van der Waals surface area contributed by atoms with Crippen LogP contribution in [0.1, 0.15) is 39.7 Å². The van der Waals surface area contributed by atoms with Gasteiger partial charge in [0.25, 0.3) is 5.91 Å². The molecule has 0 radical (unpaired) electrons. The van der Waals surface area contributed by atoms with Gasteiger partial charge in [-0.1, -0.05) is 25.1 Å². The maximum Gasteiger partial charge on any atom is 0.251 e. The normalized spacial score (nSPS) is 16.5. The molecule has 6 heteroatoms. The molecular formula is C18H19FN2O2S. The highest BCUT2D eigenvalue weighted by atomic mass is 32.1.